The summed E-state index contributed by atoms with van der Waals surface area (Å²) in [6.07, 6.45) is 2.63. The molecular formula is C14H14BrClN2O. The number of aliphatic hydroxyl groups is 1. The molecule has 0 aliphatic heterocycles. The number of aliphatic hydroxyl groups excluding tert-OH is 1. The van der Waals surface area contributed by atoms with Gasteiger partial charge >= 0.3 is 0 Å². The maximum Gasteiger partial charge on any atom is 0.0885 e. The summed E-state index contributed by atoms with van der Waals surface area (Å²) >= 11 is 9.52. The van der Waals surface area contributed by atoms with Crippen LogP contribution in [0.5, 0.6) is 0 Å². The Morgan fingerprint density at radius 3 is 2.53 bits per heavy atom. The number of nitrogens with two attached hydrogens (primary N) is 1. The molecule has 0 radical (unpaired) electrons. The topological polar surface area (TPSA) is 59.1 Å². The Hall–Kier alpha value is -0.940. The number of pyridine rings is 1. The maximum absolute atomic E-state index is 10.5. The molecule has 5 heteroatoms. The Morgan fingerprint density at radius 1 is 1.26 bits per heavy atom. The minimum absolute atomic E-state index is 0.207. The number of hydrogen-bond acceptors (Lipinski definition) is 3. The van der Waals surface area contributed by atoms with Crippen LogP contribution in [0.3, 0.4) is 0 Å². The molecule has 0 saturated heterocycles. The molecule has 0 aliphatic rings. The van der Waals surface area contributed by atoms with Gasteiger partial charge in [-0.25, -0.2) is 0 Å². The molecule has 2 aromatic rings. The Bertz CT molecular complexity index is 550. The van der Waals surface area contributed by atoms with E-state index in [-0.39, 0.29) is 5.92 Å². The van der Waals surface area contributed by atoms with Gasteiger partial charge in [0.1, 0.15) is 0 Å². The summed E-state index contributed by atoms with van der Waals surface area (Å²) in [6, 6.07) is 9.13. The van der Waals surface area contributed by atoms with Crippen LogP contribution in [0.4, 0.5) is 0 Å². The number of hydrogen-bond donors (Lipinski definition) is 2. The zero-order valence-corrected chi connectivity index (χ0v) is 12.5. The molecular weight excluding hydrogens is 328 g/mol. The largest absolute Gasteiger partial charge is 0.388 e. The molecule has 2 atom stereocenters. The predicted molar refractivity (Wildman–Crippen MR) is 80.1 cm³/mol. The van der Waals surface area contributed by atoms with E-state index in [4.69, 9.17) is 17.3 Å². The van der Waals surface area contributed by atoms with E-state index in [2.05, 4.69) is 20.9 Å². The third-order valence-corrected chi connectivity index (χ3v) is 3.87. The van der Waals surface area contributed by atoms with Gasteiger partial charge in [0.15, 0.2) is 0 Å². The summed E-state index contributed by atoms with van der Waals surface area (Å²) in [4.78, 5) is 3.97. The van der Waals surface area contributed by atoms with Crippen molar-refractivity contribution in [2.24, 2.45) is 5.73 Å². The van der Waals surface area contributed by atoms with Gasteiger partial charge in [-0.3, -0.25) is 4.98 Å². The van der Waals surface area contributed by atoms with Gasteiger partial charge in [0.2, 0.25) is 0 Å². The van der Waals surface area contributed by atoms with Gasteiger partial charge in [0.05, 0.1) is 6.10 Å². The molecule has 2 rings (SSSR count). The van der Waals surface area contributed by atoms with E-state index in [9.17, 15) is 5.11 Å². The first-order valence-corrected chi connectivity index (χ1v) is 7.03. The van der Waals surface area contributed by atoms with Crippen LogP contribution >= 0.6 is 27.5 Å². The Kier molecular flexibility index (Phi) is 4.93. The van der Waals surface area contributed by atoms with Gasteiger partial charge in [-0.1, -0.05) is 33.6 Å². The summed E-state index contributed by atoms with van der Waals surface area (Å²) < 4.78 is 0.877. The zero-order valence-electron chi connectivity index (χ0n) is 10.1. The highest BCUT2D eigenvalue weighted by Gasteiger charge is 2.23. The number of rotatable bonds is 4. The molecule has 1 heterocycles. The first-order chi connectivity index (χ1) is 9.13. The fourth-order valence-corrected chi connectivity index (χ4v) is 2.80. The molecule has 0 spiro atoms. The van der Waals surface area contributed by atoms with Crippen LogP contribution in [-0.2, 0) is 0 Å². The van der Waals surface area contributed by atoms with Crippen molar-refractivity contribution in [2.45, 2.75) is 12.0 Å². The van der Waals surface area contributed by atoms with Crippen molar-refractivity contribution < 1.29 is 5.11 Å². The van der Waals surface area contributed by atoms with E-state index >= 15 is 0 Å². The monoisotopic (exact) mass is 340 g/mol. The van der Waals surface area contributed by atoms with Crippen LogP contribution in [0.1, 0.15) is 23.1 Å². The molecule has 3 nitrogen and oxygen atoms in total. The molecule has 0 aliphatic carbocycles. The van der Waals surface area contributed by atoms with Gasteiger partial charge in [0, 0.05) is 34.4 Å². The normalized spacial score (nSPS) is 14.1. The molecule has 19 heavy (non-hydrogen) atoms. The van der Waals surface area contributed by atoms with Gasteiger partial charge in [-0.2, -0.15) is 0 Å². The SMILES string of the molecule is NCC(c1ccncc1)C(O)c1ccc(Br)cc1Cl. The number of nitrogens with zero attached hydrogens (tertiary/aromatic N) is 1. The van der Waals surface area contributed by atoms with Gasteiger partial charge in [0.25, 0.3) is 0 Å². The van der Waals surface area contributed by atoms with Gasteiger partial charge < -0.3 is 10.8 Å². The van der Waals surface area contributed by atoms with Crippen molar-refractivity contribution in [3.05, 3.63) is 63.3 Å². The average Bonchev–Trinajstić information content (AvgIpc) is 2.40. The molecule has 100 valence electrons. The minimum atomic E-state index is -0.743. The maximum atomic E-state index is 10.5. The summed E-state index contributed by atoms with van der Waals surface area (Å²) in [5.74, 6) is -0.207. The highest BCUT2D eigenvalue weighted by molar-refractivity contribution is 9.10. The first-order valence-electron chi connectivity index (χ1n) is 5.86. The van der Waals surface area contributed by atoms with Crippen LogP contribution in [0.25, 0.3) is 0 Å². The second-order valence-electron chi connectivity index (χ2n) is 4.23. The zero-order chi connectivity index (χ0) is 13.8. The number of benzene rings is 1. The number of halogens is 2. The summed E-state index contributed by atoms with van der Waals surface area (Å²) in [5, 5.41) is 11.0. The van der Waals surface area contributed by atoms with E-state index < -0.39 is 6.10 Å². The number of aromatic nitrogens is 1. The molecule has 0 amide bonds. The summed E-state index contributed by atoms with van der Waals surface area (Å²) in [7, 11) is 0. The highest BCUT2D eigenvalue weighted by atomic mass is 79.9. The van der Waals surface area contributed by atoms with E-state index in [1.165, 1.54) is 0 Å². The van der Waals surface area contributed by atoms with Crippen LogP contribution in [0, 0.1) is 0 Å². The molecule has 2 unspecified atom stereocenters. The molecule has 0 saturated carbocycles. The van der Waals surface area contributed by atoms with Crippen molar-refractivity contribution >= 4 is 27.5 Å². The van der Waals surface area contributed by atoms with Crippen LogP contribution in [-0.4, -0.2) is 16.6 Å². The average molecular weight is 342 g/mol. The molecule has 1 aromatic carbocycles. The molecule has 1 aromatic heterocycles. The third kappa shape index (κ3) is 3.34. The predicted octanol–water partition coefficient (Wildman–Crippen LogP) is 3.27. The van der Waals surface area contributed by atoms with Crippen molar-refractivity contribution in [1.82, 2.24) is 4.98 Å². The van der Waals surface area contributed by atoms with Crippen molar-refractivity contribution in [1.29, 1.82) is 0 Å². The van der Waals surface area contributed by atoms with Crippen LogP contribution < -0.4 is 5.73 Å². The van der Waals surface area contributed by atoms with Crippen LogP contribution in [0.15, 0.2) is 47.2 Å². The Labute approximate surface area is 125 Å². The Balaban J connectivity index is 2.33. The lowest BCUT2D eigenvalue weighted by Crippen LogP contribution is -2.20. The fourth-order valence-electron chi connectivity index (χ4n) is 2.02. The second-order valence-corrected chi connectivity index (χ2v) is 5.56. The smallest absolute Gasteiger partial charge is 0.0885 e. The molecule has 0 fully saturated rings. The summed E-state index contributed by atoms with van der Waals surface area (Å²) in [6.45, 7) is 0.331. The van der Waals surface area contributed by atoms with E-state index in [1.54, 1.807) is 24.5 Å². The van der Waals surface area contributed by atoms with Crippen molar-refractivity contribution in [2.75, 3.05) is 6.54 Å². The van der Waals surface area contributed by atoms with E-state index in [1.807, 2.05) is 18.2 Å². The lowest BCUT2D eigenvalue weighted by Gasteiger charge is -2.23. The molecule has 3 N–H and O–H groups in total. The Morgan fingerprint density at radius 2 is 1.95 bits per heavy atom. The summed E-state index contributed by atoms with van der Waals surface area (Å²) in [5.41, 5.74) is 7.42. The standard InChI is InChI=1S/C14H14BrClN2O/c15-10-1-2-11(13(16)7-10)14(19)12(8-17)9-3-5-18-6-4-9/h1-7,12,14,19H,8,17H2. The fraction of sp³-hybridized carbons (Fsp3) is 0.214. The van der Waals surface area contributed by atoms with Gasteiger partial charge in [-0.15, -0.1) is 0 Å². The van der Waals surface area contributed by atoms with Crippen LogP contribution in [0.2, 0.25) is 5.02 Å². The minimum Gasteiger partial charge on any atom is -0.388 e. The van der Waals surface area contributed by atoms with E-state index in [0.717, 1.165) is 10.0 Å². The highest BCUT2D eigenvalue weighted by Crippen LogP contribution is 2.34. The molecule has 0 bridgehead atoms. The quantitative estimate of drug-likeness (QED) is 0.897. The van der Waals surface area contributed by atoms with E-state index in [0.29, 0.717) is 17.1 Å². The second kappa shape index (κ2) is 6.48. The lowest BCUT2D eigenvalue weighted by molar-refractivity contribution is 0.147. The van der Waals surface area contributed by atoms with Crippen molar-refractivity contribution in [3.63, 3.8) is 0 Å². The van der Waals surface area contributed by atoms with Crippen molar-refractivity contribution in [3.8, 4) is 0 Å². The van der Waals surface area contributed by atoms with Gasteiger partial charge in [-0.05, 0) is 35.4 Å². The lowest BCUT2D eigenvalue weighted by atomic mass is 9.90. The third-order valence-electron chi connectivity index (χ3n) is 3.05. The first kappa shape index (κ1) is 14.5.